The lowest BCUT2D eigenvalue weighted by Gasteiger charge is -2.09. The number of amides is 1. The van der Waals surface area contributed by atoms with Crippen molar-refractivity contribution in [2.45, 2.75) is 0 Å². The van der Waals surface area contributed by atoms with Gasteiger partial charge in [-0.1, -0.05) is 30.3 Å². The molecule has 2 aromatic carbocycles. The molecule has 0 unspecified atom stereocenters. The van der Waals surface area contributed by atoms with Crippen LogP contribution in [0.1, 0.15) is 10.5 Å². The Morgan fingerprint density at radius 3 is 2.61 bits per heavy atom. The largest absolute Gasteiger partial charge is 0.463 e. The number of imidazole rings is 1. The maximum atomic E-state index is 13.1. The van der Waals surface area contributed by atoms with Crippen LogP contribution in [0.5, 0.6) is 0 Å². The zero-order valence-electron chi connectivity index (χ0n) is 14.7. The molecule has 0 saturated heterocycles. The quantitative estimate of drug-likeness (QED) is 0.522. The topological polar surface area (TPSA) is 77.9 Å². The summed E-state index contributed by atoms with van der Waals surface area (Å²) < 4.78 is 8.65. The van der Waals surface area contributed by atoms with Gasteiger partial charge >= 0.3 is 0 Å². The molecule has 7 nitrogen and oxygen atoms in total. The maximum Gasteiger partial charge on any atom is 0.288 e. The van der Waals surface area contributed by atoms with E-state index in [9.17, 15) is 4.79 Å². The molecule has 1 amide bonds. The van der Waals surface area contributed by atoms with Crippen molar-refractivity contribution in [2.24, 2.45) is 0 Å². The van der Waals surface area contributed by atoms with E-state index in [1.54, 1.807) is 34.1 Å². The lowest BCUT2D eigenvalue weighted by Crippen LogP contribution is -2.24. The van der Waals surface area contributed by atoms with Crippen LogP contribution in [0, 0.1) is 0 Å². The summed E-state index contributed by atoms with van der Waals surface area (Å²) in [5.74, 6) is 0.286. The molecule has 136 valence electrons. The Kier molecular flexibility index (Phi) is 3.76. The van der Waals surface area contributed by atoms with E-state index in [2.05, 4.69) is 15.5 Å². The molecule has 0 saturated carbocycles. The minimum absolute atomic E-state index is 0.308. The molecular weight excluding hydrogens is 354 g/mol. The van der Waals surface area contributed by atoms with Crippen molar-refractivity contribution in [3.05, 3.63) is 91.1 Å². The number of benzene rings is 2. The van der Waals surface area contributed by atoms with Gasteiger partial charge in [0.1, 0.15) is 17.7 Å². The van der Waals surface area contributed by atoms with Crippen LogP contribution in [-0.4, -0.2) is 25.3 Å². The monoisotopic (exact) mass is 369 g/mol. The summed E-state index contributed by atoms with van der Waals surface area (Å²) in [6, 6.07) is 22.4. The van der Waals surface area contributed by atoms with E-state index in [-0.39, 0.29) is 5.91 Å². The van der Waals surface area contributed by atoms with Gasteiger partial charge in [0.15, 0.2) is 5.76 Å². The van der Waals surface area contributed by atoms with E-state index in [1.807, 2.05) is 60.7 Å². The molecule has 0 spiro atoms. The Balaban J connectivity index is 1.57. The molecule has 0 fully saturated rings. The van der Waals surface area contributed by atoms with E-state index < -0.39 is 0 Å². The fraction of sp³-hybridized carbons (Fsp3) is 0. The van der Waals surface area contributed by atoms with Crippen molar-refractivity contribution >= 4 is 16.9 Å². The lowest BCUT2D eigenvalue weighted by atomic mass is 10.3. The van der Waals surface area contributed by atoms with Crippen molar-refractivity contribution in [3.8, 4) is 17.1 Å². The molecule has 0 atom stereocenters. The summed E-state index contributed by atoms with van der Waals surface area (Å²) in [6.07, 6.45) is 3.16. The highest BCUT2D eigenvalue weighted by Crippen LogP contribution is 2.22. The molecule has 5 aromatic rings. The second-order valence-corrected chi connectivity index (χ2v) is 6.18. The fourth-order valence-corrected chi connectivity index (χ4v) is 3.07. The van der Waals surface area contributed by atoms with E-state index in [1.165, 1.54) is 0 Å². The summed E-state index contributed by atoms with van der Waals surface area (Å²) in [5, 5.41) is 4.57. The third-order valence-corrected chi connectivity index (χ3v) is 4.39. The number of nitrogens with one attached hydrogen (secondary N) is 1. The molecule has 5 rings (SSSR count). The highest BCUT2D eigenvalue weighted by atomic mass is 16.3. The smallest absolute Gasteiger partial charge is 0.288 e. The summed E-state index contributed by atoms with van der Waals surface area (Å²) in [7, 11) is 0. The van der Waals surface area contributed by atoms with Gasteiger partial charge in [-0.2, -0.15) is 5.10 Å². The minimum Gasteiger partial charge on any atom is -0.463 e. The molecule has 3 heterocycles. The normalized spacial score (nSPS) is 11.0. The summed E-state index contributed by atoms with van der Waals surface area (Å²) >= 11 is 0. The van der Waals surface area contributed by atoms with Gasteiger partial charge in [-0.3, -0.25) is 10.2 Å². The van der Waals surface area contributed by atoms with Crippen LogP contribution in [0.2, 0.25) is 0 Å². The number of carbonyl (C=O) groups excluding carboxylic acids is 1. The summed E-state index contributed by atoms with van der Waals surface area (Å²) in [4.78, 5) is 17.4. The number of rotatable bonds is 4. The molecule has 0 bridgehead atoms. The van der Waals surface area contributed by atoms with Gasteiger partial charge < -0.3 is 4.42 Å². The zero-order chi connectivity index (χ0) is 18.9. The zero-order valence-corrected chi connectivity index (χ0v) is 14.7. The summed E-state index contributed by atoms with van der Waals surface area (Å²) in [6.45, 7) is 0. The van der Waals surface area contributed by atoms with E-state index >= 15 is 0 Å². The standard InChI is InChI=1S/C21H15N5O2/c27-21(24-25-14-22-16-9-4-5-10-18(16)25)19-13-17(20-11-6-12-28-20)23-26(19)15-7-2-1-3-8-15/h1-14H,(H,24,27). The number of fused-ring (bicyclic) bond motifs is 1. The number of aromatic nitrogens is 4. The number of para-hydroxylation sites is 3. The predicted octanol–water partition coefficient (Wildman–Crippen LogP) is 3.87. The van der Waals surface area contributed by atoms with E-state index in [0.717, 1.165) is 16.7 Å². The molecule has 0 aliphatic rings. The van der Waals surface area contributed by atoms with Crippen molar-refractivity contribution < 1.29 is 9.21 Å². The Morgan fingerprint density at radius 1 is 0.964 bits per heavy atom. The first-order valence-corrected chi connectivity index (χ1v) is 8.72. The number of hydrogen-bond acceptors (Lipinski definition) is 4. The first-order chi connectivity index (χ1) is 13.8. The van der Waals surface area contributed by atoms with Gasteiger partial charge in [0.2, 0.25) is 0 Å². The van der Waals surface area contributed by atoms with Crippen LogP contribution < -0.4 is 5.43 Å². The second-order valence-electron chi connectivity index (χ2n) is 6.18. The van der Waals surface area contributed by atoms with Gasteiger partial charge in [-0.05, 0) is 36.4 Å². The van der Waals surface area contributed by atoms with Crippen molar-refractivity contribution in [2.75, 3.05) is 5.43 Å². The van der Waals surface area contributed by atoms with Gasteiger partial charge in [0.05, 0.1) is 23.0 Å². The van der Waals surface area contributed by atoms with Crippen LogP contribution in [0.15, 0.2) is 89.8 Å². The number of furan rings is 1. The van der Waals surface area contributed by atoms with Crippen molar-refractivity contribution in [1.82, 2.24) is 19.4 Å². The predicted molar refractivity (Wildman–Crippen MR) is 105 cm³/mol. The summed E-state index contributed by atoms with van der Waals surface area (Å²) in [5.41, 5.74) is 6.23. The average molecular weight is 369 g/mol. The Bertz CT molecular complexity index is 1250. The van der Waals surface area contributed by atoms with Crippen LogP contribution in [-0.2, 0) is 0 Å². The SMILES string of the molecule is O=C(Nn1cnc2ccccc21)c1cc(-c2ccco2)nn1-c1ccccc1. The number of hydrogen-bond donors (Lipinski definition) is 1. The molecular formula is C21H15N5O2. The molecule has 0 aliphatic heterocycles. The van der Waals surface area contributed by atoms with E-state index in [4.69, 9.17) is 4.42 Å². The van der Waals surface area contributed by atoms with Crippen LogP contribution >= 0.6 is 0 Å². The van der Waals surface area contributed by atoms with Crippen LogP contribution in [0.4, 0.5) is 0 Å². The third kappa shape index (κ3) is 2.75. The Morgan fingerprint density at radius 2 is 1.79 bits per heavy atom. The van der Waals surface area contributed by atoms with Gasteiger partial charge in [-0.15, -0.1) is 0 Å². The molecule has 7 heteroatoms. The van der Waals surface area contributed by atoms with Gasteiger partial charge in [-0.25, -0.2) is 14.3 Å². The molecule has 1 N–H and O–H groups in total. The number of carbonyl (C=O) groups is 1. The molecule has 0 aliphatic carbocycles. The fourth-order valence-electron chi connectivity index (χ4n) is 3.07. The molecule has 3 aromatic heterocycles. The molecule has 28 heavy (non-hydrogen) atoms. The maximum absolute atomic E-state index is 13.1. The van der Waals surface area contributed by atoms with Crippen LogP contribution in [0.3, 0.4) is 0 Å². The number of nitrogens with zero attached hydrogens (tertiary/aromatic N) is 4. The Labute approximate surface area is 159 Å². The second kappa shape index (κ2) is 6.55. The van der Waals surface area contributed by atoms with Gasteiger partial charge in [0, 0.05) is 6.07 Å². The highest BCUT2D eigenvalue weighted by molar-refractivity contribution is 6.00. The Hall–Kier alpha value is -4.13. The van der Waals surface area contributed by atoms with Crippen LogP contribution in [0.25, 0.3) is 28.2 Å². The third-order valence-electron chi connectivity index (χ3n) is 4.39. The minimum atomic E-state index is -0.308. The lowest BCUT2D eigenvalue weighted by molar-refractivity contribution is 0.100. The van der Waals surface area contributed by atoms with E-state index in [0.29, 0.717) is 17.1 Å². The average Bonchev–Trinajstić information content (AvgIpc) is 3.48. The van der Waals surface area contributed by atoms with Crippen molar-refractivity contribution in [3.63, 3.8) is 0 Å². The van der Waals surface area contributed by atoms with Gasteiger partial charge in [0.25, 0.3) is 5.91 Å². The first-order valence-electron chi connectivity index (χ1n) is 8.72. The highest BCUT2D eigenvalue weighted by Gasteiger charge is 2.19. The molecule has 0 radical (unpaired) electrons. The first kappa shape index (κ1) is 16.1. The van der Waals surface area contributed by atoms with Crippen molar-refractivity contribution in [1.29, 1.82) is 0 Å².